The van der Waals surface area contributed by atoms with Crippen LogP contribution in [-0.4, -0.2) is 49.1 Å². The maximum Gasteiger partial charge on any atom is 0.334 e. The lowest BCUT2D eigenvalue weighted by atomic mass is 10.1. The third kappa shape index (κ3) is 10.5. The monoisotopic (exact) mass is 436 g/mol. The van der Waals surface area contributed by atoms with E-state index in [1.165, 1.54) is 32.6 Å². The van der Waals surface area contributed by atoms with Crippen molar-refractivity contribution in [3.8, 4) is 0 Å². The highest BCUT2D eigenvalue weighted by Crippen LogP contribution is 2.18. The SMILES string of the molecule is C/C(=C/C(=O)OCC(=O)NC1CCCCCC1)C(=O)OCC(=O)NC1CCCCCC1. The number of amides is 2. The third-order valence-electron chi connectivity index (χ3n) is 5.78. The molecule has 0 bridgehead atoms. The third-order valence-corrected chi connectivity index (χ3v) is 5.78. The van der Waals surface area contributed by atoms with Gasteiger partial charge >= 0.3 is 11.9 Å². The number of carbonyl (C=O) groups is 4. The summed E-state index contributed by atoms with van der Waals surface area (Å²) in [5.41, 5.74) is 0.0106. The molecule has 2 saturated carbocycles. The van der Waals surface area contributed by atoms with Gasteiger partial charge in [0.1, 0.15) is 0 Å². The molecule has 0 atom stereocenters. The molecule has 0 aliphatic heterocycles. The van der Waals surface area contributed by atoms with Crippen molar-refractivity contribution >= 4 is 23.8 Å². The molecule has 8 heteroatoms. The van der Waals surface area contributed by atoms with Gasteiger partial charge in [-0.15, -0.1) is 0 Å². The van der Waals surface area contributed by atoms with Crippen molar-refractivity contribution in [1.29, 1.82) is 0 Å². The Kier molecular flexibility index (Phi) is 11.1. The summed E-state index contributed by atoms with van der Waals surface area (Å²) in [5, 5.41) is 5.78. The van der Waals surface area contributed by atoms with Gasteiger partial charge in [0, 0.05) is 23.7 Å². The van der Waals surface area contributed by atoms with Crippen LogP contribution in [-0.2, 0) is 28.7 Å². The first kappa shape index (κ1) is 24.9. The van der Waals surface area contributed by atoms with Crippen LogP contribution in [0.4, 0.5) is 0 Å². The van der Waals surface area contributed by atoms with E-state index in [1.807, 2.05) is 0 Å². The van der Waals surface area contributed by atoms with Crippen molar-refractivity contribution in [2.45, 2.75) is 96.1 Å². The van der Waals surface area contributed by atoms with E-state index in [0.717, 1.165) is 57.4 Å². The van der Waals surface area contributed by atoms with Crippen molar-refractivity contribution in [2.75, 3.05) is 13.2 Å². The first-order valence-corrected chi connectivity index (χ1v) is 11.5. The zero-order valence-corrected chi connectivity index (χ0v) is 18.6. The Bertz CT molecular complexity index is 644. The van der Waals surface area contributed by atoms with Gasteiger partial charge in [0.25, 0.3) is 11.8 Å². The Hall–Kier alpha value is -2.38. The Balaban J connectivity index is 1.65. The summed E-state index contributed by atoms with van der Waals surface area (Å²) in [6.07, 6.45) is 13.8. The van der Waals surface area contributed by atoms with Gasteiger partial charge < -0.3 is 20.1 Å². The maximum atomic E-state index is 12.0. The Morgan fingerprint density at radius 3 is 1.58 bits per heavy atom. The molecule has 0 heterocycles. The van der Waals surface area contributed by atoms with Crippen LogP contribution in [0.1, 0.15) is 84.0 Å². The molecule has 0 aromatic carbocycles. The molecule has 0 unspecified atom stereocenters. The summed E-state index contributed by atoms with van der Waals surface area (Å²) in [5.74, 6) is -2.25. The first-order chi connectivity index (χ1) is 14.9. The number of nitrogens with one attached hydrogen (secondary N) is 2. The Labute approximate surface area is 184 Å². The minimum Gasteiger partial charge on any atom is -0.452 e. The minimum atomic E-state index is -0.798. The lowest BCUT2D eigenvalue weighted by Crippen LogP contribution is -2.37. The minimum absolute atomic E-state index is 0.0106. The molecule has 31 heavy (non-hydrogen) atoms. The van der Waals surface area contributed by atoms with E-state index in [9.17, 15) is 19.2 Å². The zero-order chi connectivity index (χ0) is 22.5. The predicted octanol–water partition coefficient (Wildman–Crippen LogP) is 2.70. The normalized spacial score (nSPS) is 18.9. The van der Waals surface area contributed by atoms with E-state index in [4.69, 9.17) is 9.47 Å². The van der Waals surface area contributed by atoms with E-state index in [0.29, 0.717) is 0 Å². The number of carbonyl (C=O) groups excluding carboxylic acids is 4. The number of rotatable bonds is 8. The van der Waals surface area contributed by atoms with E-state index in [-0.39, 0.29) is 36.1 Å². The Morgan fingerprint density at radius 2 is 1.13 bits per heavy atom. The second kappa shape index (κ2) is 13.8. The van der Waals surface area contributed by atoms with Crippen molar-refractivity contribution < 1.29 is 28.7 Å². The fourth-order valence-electron chi connectivity index (χ4n) is 4.05. The van der Waals surface area contributed by atoms with Gasteiger partial charge in [0.05, 0.1) is 0 Å². The van der Waals surface area contributed by atoms with Crippen molar-refractivity contribution in [3.63, 3.8) is 0 Å². The lowest BCUT2D eigenvalue weighted by molar-refractivity contribution is -0.146. The van der Waals surface area contributed by atoms with E-state index in [2.05, 4.69) is 10.6 Å². The first-order valence-electron chi connectivity index (χ1n) is 11.5. The summed E-state index contributed by atoms with van der Waals surface area (Å²) >= 11 is 0. The van der Waals surface area contributed by atoms with E-state index >= 15 is 0 Å². The van der Waals surface area contributed by atoms with Crippen molar-refractivity contribution in [1.82, 2.24) is 10.6 Å². The summed E-state index contributed by atoms with van der Waals surface area (Å²) in [7, 11) is 0. The summed E-state index contributed by atoms with van der Waals surface area (Å²) < 4.78 is 9.89. The van der Waals surface area contributed by atoms with Crippen molar-refractivity contribution in [2.24, 2.45) is 0 Å². The average molecular weight is 437 g/mol. The molecule has 2 aliphatic carbocycles. The quantitative estimate of drug-likeness (QED) is 0.344. The summed E-state index contributed by atoms with van der Waals surface area (Å²) in [6.45, 7) is 0.621. The van der Waals surface area contributed by atoms with Gasteiger partial charge in [0.15, 0.2) is 13.2 Å². The molecular formula is C23H36N2O6. The molecular weight excluding hydrogens is 400 g/mol. The summed E-state index contributed by atoms with van der Waals surface area (Å²) in [4.78, 5) is 47.8. The van der Waals surface area contributed by atoms with Gasteiger partial charge in [-0.1, -0.05) is 51.4 Å². The van der Waals surface area contributed by atoms with Crippen LogP contribution >= 0.6 is 0 Å². The summed E-state index contributed by atoms with van der Waals surface area (Å²) in [6, 6.07) is 0.259. The number of ether oxygens (including phenoxy) is 2. The van der Waals surface area contributed by atoms with Gasteiger partial charge in [-0.25, -0.2) is 9.59 Å². The molecule has 0 saturated heterocycles. The van der Waals surface area contributed by atoms with Gasteiger partial charge in [-0.05, 0) is 32.6 Å². The largest absolute Gasteiger partial charge is 0.452 e. The van der Waals surface area contributed by atoms with E-state index < -0.39 is 18.5 Å². The molecule has 0 radical (unpaired) electrons. The van der Waals surface area contributed by atoms with Crippen LogP contribution in [0, 0.1) is 0 Å². The van der Waals surface area contributed by atoms with Crippen LogP contribution in [0.3, 0.4) is 0 Å². The topological polar surface area (TPSA) is 111 Å². The fraction of sp³-hybridized carbons (Fsp3) is 0.739. The molecule has 0 aromatic heterocycles. The number of hydrogen-bond donors (Lipinski definition) is 2. The molecule has 2 N–H and O–H groups in total. The zero-order valence-electron chi connectivity index (χ0n) is 18.6. The van der Waals surface area contributed by atoms with Crippen LogP contribution in [0.25, 0.3) is 0 Å². The highest BCUT2D eigenvalue weighted by Gasteiger charge is 2.18. The Morgan fingerprint density at radius 1 is 0.710 bits per heavy atom. The molecule has 2 fully saturated rings. The maximum absolute atomic E-state index is 12.0. The highest BCUT2D eigenvalue weighted by atomic mass is 16.5. The molecule has 174 valence electrons. The molecule has 0 aromatic rings. The smallest absolute Gasteiger partial charge is 0.334 e. The van der Waals surface area contributed by atoms with Gasteiger partial charge in [-0.2, -0.15) is 0 Å². The standard InChI is InChI=1S/C23H36N2O6/c1-17(23(29)31-16-21(27)25-19-12-8-4-5-9-13-19)14-22(28)30-15-20(26)24-18-10-6-2-3-7-11-18/h14,18-19H,2-13,15-16H2,1H3,(H,24,26)(H,25,27)/b17-14-. The van der Waals surface area contributed by atoms with E-state index in [1.54, 1.807) is 0 Å². The van der Waals surface area contributed by atoms with Crippen molar-refractivity contribution in [3.05, 3.63) is 11.6 Å². The molecule has 0 spiro atoms. The van der Waals surface area contributed by atoms with Gasteiger partial charge in [-0.3, -0.25) is 9.59 Å². The molecule has 2 rings (SSSR count). The second-order valence-electron chi connectivity index (χ2n) is 8.52. The lowest BCUT2D eigenvalue weighted by Gasteiger charge is -2.16. The van der Waals surface area contributed by atoms with Crippen LogP contribution in [0.15, 0.2) is 11.6 Å². The highest BCUT2D eigenvalue weighted by molar-refractivity contribution is 5.97. The second-order valence-corrected chi connectivity index (χ2v) is 8.52. The van der Waals surface area contributed by atoms with Gasteiger partial charge in [0.2, 0.25) is 0 Å². The number of hydrogen-bond acceptors (Lipinski definition) is 6. The number of esters is 2. The van der Waals surface area contributed by atoms with Crippen LogP contribution in [0.5, 0.6) is 0 Å². The van der Waals surface area contributed by atoms with Crippen LogP contribution in [0.2, 0.25) is 0 Å². The fourth-order valence-corrected chi connectivity index (χ4v) is 4.05. The molecule has 2 amide bonds. The van der Waals surface area contributed by atoms with Crippen LogP contribution < -0.4 is 10.6 Å². The average Bonchev–Trinajstić information content (AvgIpc) is 3.15. The predicted molar refractivity (Wildman–Crippen MR) is 115 cm³/mol. The molecule has 2 aliphatic rings. The molecule has 8 nitrogen and oxygen atoms in total.